The van der Waals surface area contributed by atoms with Gasteiger partial charge in [-0.3, -0.25) is 14.5 Å². The Kier molecular flexibility index (Phi) is 3.74. The minimum atomic E-state index is -0.823. The van der Waals surface area contributed by atoms with Gasteiger partial charge in [0.2, 0.25) is 0 Å². The highest BCUT2D eigenvalue weighted by Gasteiger charge is 2.60. The van der Waals surface area contributed by atoms with Crippen LogP contribution < -0.4 is 0 Å². The van der Waals surface area contributed by atoms with Crippen molar-refractivity contribution in [3.63, 3.8) is 0 Å². The Bertz CT molecular complexity index is 706. The summed E-state index contributed by atoms with van der Waals surface area (Å²) >= 11 is 0. The summed E-state index contributed by atoms with van der Waals surface area (Å²) in [6, 6.07) is 3.04. The van der Waals surface area contributed by atoms with Crippen LogP contribution in [0.15, 0.2) is 18.3 Å². The van der Waals surface area contributed by atoms with Crippen molar-refractivity contribution in [2.75, 3.05) is 13.6 Å². The van der Waals surface area contributed by atoms with Gasteiger partial charge in [-0.25, -0.2) is 4.79 Å². The highest BCUT2D eigenvalue weighted by Crippen LogP contribution is 2.52. The molecule has 3 saturated carbocycles. The normalized spacial score (nSPS) is 34.9. The predicted molar refractivity (Wildman–Crippen MR) is 92.0 cm³/mol. The summed E-state index contributed by atoms with van der Waals surface area (Å²) in [5.41, 5.74) is -0.398. The second-order valence-electron chi connectivity index (χ2n) is 8.01. The molecular weight excluding hydrogens is 318 g/mol. The zero-order valence-electron chi connectivity index (χ0n) is 14.8. The molecule has 2 heterocycles. The number of aromatic amines is 1. The third kappa shape index (κ3) is 2.34. The van der Waals surface area contributed by atoms with Crippen LogP contribution in [0.5, 0.6) is 0 Å². The number of likely N-dealkylation sites (N-methyl/N-ethyl adjacent to an activating group) is 1. The first-order valence-corrected chi connectivity index (χ1v) is 9.19. The van der Waals surface area contributed by atoms with Gasteiger partial charge in [-0.1, -0.05) is 12.8 Å². The van der Waals surface area contributed by atoms with Crippen LogP contribution in [0.2, 0.25) is 0 Å². The molecule has 4 aliphatic rings. The van der Waals surface area contributed by atoms with E-state index in [0.29, 0.717) is 17.5 Å². The summed E-state index contributed by atoms with van der Waals surface area (Å²) in [7, 11) is 1.71. The van der Waals surface area contributed by atoms with E-state index in [1.807, 2.05) is 6.92 Å². The van der Waals surface area contributed by atoms with Crippen molar-refractivity contribution < 1.29 is 14.4 Å². The van der Waals surface area contributed by atoms with Gasteiger partial charge in [-0.15, -0.1) is 0 Å². The number of H-pyrrole nitrogens is 1. The Morgan fingerprint density at radius 1 is 1.28 bits per heavy atom. The molecule has 1 aromatic rings. The van der Waals surface area contributed by atoms with Crippen LogP contribution in [-0.4, -0.2) is 51.6 Å². The smallest absolute Gasteiger partial charge is 0.327 e. The molecule has 1 N–H and O–H groups in total. The summed E-state index contributed by atoms with van der Waals surface area (Å²) in [6.45, 7) is 1.71. The molecule has 1 aliphatic heterocycles. The molecule has 25 heavy (non-hydrogen) atoms. The van der Waals surface area contributed by atoms with E-state index in [9.17, 15) is 14.4 Å². The lowest BCUT2D eigenvalue weighted by atomic mass is 9.59. The Hall–Kier alpha value is -2.11. The number of ketones is 1. The van der Waals surface area contributed by atoms with Crippen molar-refractivity contribution >= 4 is 17.7 Å². The zero-order chi connectivity index (χ0) is 17.8. The third-order valence-corrected chi connectivity index (χ3v) is 6.86. The Morgan fingerprint density at radius 3 is 2.56 bits per heavy atom. The molecule has 0 spiro atoms. The fourth-order valence-electron chi connectivity index (χ4n) is 5.23. The number of hydrogen-bond donors (Lipinski definition) is 1. The van der Waals surface area contributed by atoms with E-state index in [1.54, 1.807) is 30.3 Å². The van der Waals surface area contributed by atoms with Gasteiger partial charge in [-0.2, -0.15) is 0 Å². The van der Waals surface area contributed by atoms with Gasteiger partial charge in [-0.05, 0) is 56.1 Å². The molecule has 1 saturated heterocycles. The number of urea groups is 1. The van der Waals surface area contributed by atoms with Crippen LogP contribution in [0.25, 0.3) is 0 Å². The minimum absolute atomic E-state index is 0.196. The molecule has 2 unspecified atom stereocenters. The minimum Gasteiger partial charge on any atom is -0.359 e. The molecule has 0 aromatic carbocycles. The van der Waals surface area contributed by atoms with Crippen molar-refractivity contribution in [2.24, 2.45) is 17.8 Å². The summed E-state index contributed by atoms with van der Waals surface area (Å²) in [5, 5.41) is 0. The average Bonchev–Trinajstić information content (AvgIpc) is 3.23. The SMILES string of the molecule is CN1C(=O)N(CC(=O)c2ccc[nH]2)C(=O)C1(C)C1C[C@H]2CC[C@@H]1CC2. The van der Waals surface area contributed by atoms with Crippen LogP contribution in [-0.2, 0) is 4.79 Å². The second-order valence-corrected chi connectivity index (χ2v) is 8.01. The maximum absolute atomic E-state index is 13.2. The molecule has 4 fully saturated rings. The summed E-state index contributed by atoms with van der Waals surface area (Å²) in [6.07, 6.45) is 7.48. The number of Topliss-reactive ketones (excluding diaryl/α,β-unsaturated/α-hetero) is 1. The van der Waals surface area contributed by atoms with E-state index < -0.39 is 5.54 Å². The van der Waals surface area contributed by atoms with Gasteiger partial charge in [0.05, 0.1) is 12.2 Å². The average molecular weight is 343 g/mol. The van der Waals surface area contributed by atoms with Crippen LogP contribution >= 0.6 is 0 Å². The molecule has 2 atom stereocenters. The number of hydrogen-bond acceptors (Lipinski definition) is 3. The molecular formula is C19H25N3O3. The Morgan fingerprint density at radius 2 is 2.00 bits per heavy atom. The van der Waals surface area contributed by atoms with Crippen molar-refractivity contribution in [2.45, 2.75) is 44.6 Å². The second kappa shape index (κ2) is 5.71. The van der Waals surface area contributed by atoms with Crippen LogP contribution in [0.4, 0.5) is 4.79 Å². The maximum Gasteiger partial charge on any atom is 0.327 e. The van der Waals surface area contributed by atoms with E-state index in [4.69, 9.17) is 0 Å². The van der Waals surface area contributed by atoms with Gasteiger partial charge >= 0.3 is 6.03 Å². The molecule has 1 aromatic heterocycles. The van der Waals surface area contributed by atoms with Gasteiger partial charge in [0.15, 0.2) is 5.78 Å². The fraction of sp³-hybridized carbons (Fsp3) is 0.632. The lowest BCUT2D eigenvalue weighted by Crippen LogP contribution is -2.56. The fourth-order valence-corrected chi connectivity index (χ4v) is 5.23. The number of rotatable bonds is 4. The van der Waals surface area contributed by atoms with Crippen molar-refractivity contribution in [1.82, 2.24) is 14.8 Å². The van der Waals surface area contributed by atoms with Crippen molar-refractivity contribution in [1.29, 1.82) is 0 Å². The number of carbonyl (C=O) groups excluding carboxylic acids is 3. The predicted octanol–water partition coefficient (Wildman–Crippen LogP) is 2.68. The molecule has 0 radical (unpaired) electrons. The van der Waals surface area contributed by atoms with Crippen LogP contribution in [0.3, 0.4) is 0 Å². The molecule has 5 rings (SSSR count). The van der Waals surface area contributed by atoms with E-state index in [0.717, 1.165) is 24.2 Å². The highest BCUT2D eigenvalue weighted by atomic mass is 16.2. The molecule has 3 aliphatic carbocycles. The van der Waals surface area contributed by atoms with E-state index in [1.165, 1.54) is 12.8 Å². The molecule has 2 bridgehead atoms. The van der Waals surface area contributed by atoms with E-state index in [2.05, 4.69) is 4.98 Å². The monoisotopic (exact) mass is 343 g/mol. The summed E-state index contributed by atoms with van der Waals surface area (Å²) in [5.74, 6) is 0.935. The quantitative estimate of drug-likeness (QED) is 0.675. The molecule has 6 nitrogen and oxygen atoms in total. The molecule has 6 heteroatoms. The zero-order valence-corrected chi connectivity index (χ0v) is 14.8. The van der Waals surface area contributed by atoms with Crippen LogP contribution in [0.1, 0.15) is 49.5 Å². The standard InChI is InChI=1S/C19H25N3O3/c1-19(14-10-12-5-7-13(14)8-6-12)17(24)22(18(25)21(19)2)11-16(23)15-4-3-9-20-15/h3-4,9,12-14,20H,5-8,10-11H2,1-2H3/t12-,13+,14?,19?. The van der Waals surface area contributed by atoms with Crippen molar-refractivity contribution in [3.8, 4) is 0 Å². The largest absolute Gasteiger partial charge is 0.359 e. The van der Waals surface area contributed by atoms with Gasteiger partial charge in [0, 0.05) is 13.2 Å². The Balaban J connectivity index is 1.59. The number of fused-ring (bicyclic) bond motifs is 3. The topological polar surface area (TPSA) is 73.5 Å². The van der Waals surface area contributed by atoms with Gasteiger partial charge in [0.1, 0.15) is 5.54 Å². The van der Waals surface area contributed by atoms with Gasteiger partial charge in [0.25, 0.3) is 5.91 Å². The first-order chi connectivity index (χ1) is 11.9. The molecule has 134 valence electrons. The maximum atomic E-state index is 13.2. The van der Waals surface area contributed by atoms with Crippen molar-refractivity contribution in [3.05, 3.63) is 24.0 Å². The summed E-state index contributed by atoms with van der Waals surface area (Å²) < 4.78 is 0. The molecule has 3 amide bonds. The number of imide groups is 1. The first kappa shape index (κ1) is 16.4. The Labute approximate surface area is 147 Å². The lowest BCUT2D eigenvalue weighted by molar-refractivity contribution is -0.138. The number of nitrogens with zero attached hydrogens (tertiary/aromatic N) is 2. The number of amides is 3. The summed E-state index contributed by atoms with van der Waals surface area (Å²) in [4.78, 5) is 43.9. The highest BCUT2D eigenvalue weighted by molar-refractivity contribution is 6.10. The van der Waals surface area contributed by atoms with Crippen LogP contribution in [0, 0.1) is 17.8 Å². The van der Waals surface area contributed by atoms with Gasteiger partial charge < -0.3 is 9.88 Å². The number of nitrogens with one attached hydrogen (secondary N) is 1. The van der Waals surface area contributed by atoms with E-state index >= 15 is 0 Å². The lowest BCUT2D eigenvalue weighted by Gasteiger charge is -2.49. The van der Waals surface area contributed by atoms with E-state index in [-0.39, 0.29) is 30.2 Å². The number of aromatic nitrogens is 1. The first-order valence-electron chi connectivity index (χ1n) is 9.19. The number of carbonyl (C=O) groups is 3. The third-order valence-electron chi connectivity index (χ3n) is 6.86.